The van der Waals surface area contributed by atoms with E-state index in [2.05, 4.69) is 31.2 Å². The molecular formula is C11H12BrFN4. The van der Waals surface area contributed by atoms with Crippen LogP contribution in [0.3, 0.4) is 0 Å². The standard InChI is InChI=1S/C11H12BrFN4/c12-9-6-10(13)11(16-7-9)15-2-1-4-17-5-3-14-8-17/h3,5-8H,1-2,4H2,(H,15,16). The lowest BCUT2D eigenvalue weighted by atomic mass is 10.4. The average molecular weight is 299 g/mol. The molecule has 0 aromatic carbocycles. The predicted molar refractivity (Wildman–Crippen MR) is 67.2 cm³/mol. The van der Waals surface area contributed by atoms with Crippen LogP contribution in [-0.2, 0) is 6.54 Å². The maximum atomic E-state index is 13.4. The van der Waals surface area contributed by atoms with Gasteiger partial charge in [0.1, 0.15) is 0 Å². The Morgan fingerprint density at radius 2 is 2.35 bits per heavy atom. The van der Waals surface area contributed by atoms with Crippen LogP contribution < -0.4 is 5.32 Å². The van der Waals surface area contributed by atoms with Gasteiger partial charge in [0, 0.05) is 36.2 Å². The minimum Gasteiger partial charge on any atom is -0.368 e. The molecule has 17 heavy (non-hydrogen) atoms. The zero-order valence-corrected chi connectivity index (χ0v) is 10.7. The topological polar surface area (TPSA) is 42.7 Å². The van der Waals surface area contributed by atoms with E-state index in [1.807, 2.05) is 10.8 Å². The smallest absolute Gasteiger partial charge is 0.166 e. The molecule has 0 saturated heterocycles. The number of hydrogen-bond donors (Lipinski definition) is 1. The molecular weight excluding hydrogens is 287 g/mol. The van der Waals surface area contributed by atoms with Crippen molar-refractivity contribution in [2.75, 3.05) is 11.9 Å². The molecule has 0 aliphatic carbocycles. The minimum absolute atomic E-state index is 0.291. The zero-order chi connectivity index (χ0) is 12.1. The van der Waals surface area contributed by atoms with Crippen LogP contribution in [0.15, 0.2) is 35.5 Å². The molecule has 2 aromatic heterocycles. The molecule has 0 bridgehead atoms. The first-order valence-corrected chi connectivity index (χ1v) is 6.05. The van der Waals surface area contributed by atoms with E-state index in [9.17, 15) is 4.39 Å². The van der Waals surface area contributed by atoms with Gasteiger partial charge >= 0.3 is 0 Å². The van der Waals surface area contributed by atoms with Crippen molar-refractivity contribution in [3.8, 4) is 0 Å². The SMILES string of the molecule is Fc1cc(Br)cnc1NCCCn1ccnc1. The summed E-state index contributed by atoms with van der Waals surface area (Å²) in [7, 11) is 0. The van der Waals surface area contributed by atoms with Gasteiger partial charge in [-0.1, -0.05) is 0 Å². The van der Waals surface area contributed by atoms with Gasteiger partial charge < -0.3 is 9.88 Å². The van der Waals surface area contributed by atoms with E-state index in [1.165, 1.54) is 6.07 Å². The number of imidazole rings is 1. The van der Waals surface area contributed by atoms with E-state index in [1.54, 1.807) is 18.7 Å². The maximum Gasteiger partial charge on any atom is 0.166 e. The van der Waals surface area contributed by atoms with E-state index in [0.29, 0.717) is 16.8 Å². The van der Waals surface area contributed by atoms with Crippen LogP contribution in [0.4, 0.5) is 10.2 Å². The van der Waals surface area contributed by atoms with Crippen LogP contribution in [0.1, 0.15) is 6.42 Å². The van der Waals surface area contributed by atoms with Crippen LogP contribution in [0.25, 0.3) is 0 Å². The van der Waals surface area contributed by atoms with E-state index < -0.39 is 0 Å². The Hall–Kier alpha value is -1.43. The Labute approximate surface area is 107 Å². The number of nitrogens with zero attached hydrogens (tertiary/aromatic N) is 3. The number of pyridine rings is 1. The molecule has 90 valence electrons. The fourth-order valence-electron chi connectivity index (χ4n) is 1.43. The van der Waals surface area contributed by atoms with Crippen molar-refractivity contribution >= 4 is 21.7 Å². The highest BCUT2D eigenvalue weighted by atomic mass is 79.9. The summed E-state index contributed by atoms with van der Waals surface area (Å²) in [4.78, 5) is 7.91. The Morgan fingerprint density at radius 3 is 3.06 bits per heavy atom. The first-order valence-electron chi connectivity index (χ1n) is 5.26. The third-order valence-electron chi connectivity index (χ3n) is 2.25. The zero-order valence-electron chi connectivity index (χ0n) is 9.11. The van der Waals surface area contributed by atoms with Gasteiger partial charge in [-0.3, -0.25) is 0 Å². The fraction of sp³-hybridized carbons (Fsp3) is 0.273. The normalized spacial score (nSPS) is 10.5. The van der Waals surface area contributed by atoms with Gasteiger partial charge in [0.05, 0.1) is 6.33 Å². The second kappa shape index (κ2) is 5.77. The summed E-state index contributed by atoms with van der Waals surface area (Å²) >= 11 is 3.16. The predicted octanol–water partition coefficient (Wildman–Crippen LogP) is 2.68. The van der Waals surface area contributed by atoms with Gasteiger partial charge in [0.25, 0.3) is 0 Å². The molecule has 0 fully saturated rings. The summed E-state index contributed by atoms with van der Waals surface area (Å²) in [5.74, 6) is -0.0548. The highest BCUT2D eigenvalue weighted by molar-refractivity contribution is 9.10. The highest BCUT2D eigenvalue weighted by Gasteiger charge is 2.02. The quantitative estimate of drug-likeness (QED) is 0.863. The largest absolute Gasteiger partial charge is 0.368 e. The number of aromatic nitrogens is 3. The maximum absolute atomic E-state index is 13.4. The molecule has 2 rings (SSSR count). The van der Waals surface area contributed by atoms with Gasteiger partial charge in [-0.2, -0.15) is 0 Å². The van der Waals surface area contributed by atoms with Crippen molar-refractivity contribution < 1.29 is 4.39 Å². The molecule has 1 N–H and O–H groups in total. The van der Waals surface area contributed by atoms with E-state index in [4.69, 9.17) is 0 Å². The summed E-state index contributed by atoms with van der Waals surface area (Å²) in [6.45, 7) is 1.52. The van der Waals surface area contributed by atoms with Crippen molar-refractivity contribution in [1.29, 1.82) is 0 Å². The van der Waals surface area contributed by atoms with E-state index >= 15 is 0 Å². The summed E-state index contributed by atoms with van der Waals surface area (Å²) in [5, 5.41) is 2.96. The molecule has 0 radical (unpaired) electrons. The highest BCUT2D eigenvalue weighted by Crippen LogP contribution is 2.15. The molecule has 0 saturated carbocycles. The molecule has 0 unspecified atom stereocenters. The van der Waals surface area contributed by atoms with Crippen LogP contribution >= 0.6 is 15.9 Å². The summed E-state index contributed by atoms with van der Waals surface area (Å²) < 4.78 is 16.0. The van der Waals surface area contributed by atoms with Crippen molar-refractivity contribution in [3.05, 3.63) is 41.3 Å². The minimum atomic E-state index is -0.345. The molecule has 2 heterocycles. The number of halogens is 2. The first kappa shape index (κ1) is 12.0. The van der Waals surface area contributed by atoms with Crippen LogP contribution in [0, 0.1) is 5.82 Å². The third kappa shape index (κ3) is 3.52. The molecule has 0 amide bonds. The fourth-order valence-corrected chi connectivity index (χ4v) is 1.74. The van der Waals surface area contributed by atoms with Crippen molar-refractivity contribution in [3.63, 3.8) is 0 Å². The van der Waals surface area contributed by atoms with Crippen LogP contribution in [0.2, 0.25) is 0 Å². The lowest BCUT2D eigenvalue weighted by Crippen LogP contribution is -2.08. The Kier molecular flexibility index (Phi) is 4.08. The molecule has 0 aliphatic rings. The molecule has 0 spiro atoms. The number of anilines is 1. The number of aryl methyl sites for hydroxylation is 1. The molecule has 6 heteroatoms. The lowest BCUT2D eigenvalue weighted by Gasteiger charge is -2.07. The Bertz CT molecular complexity index is 472. The molecule has 4 nitrogen and oxygen atoms in total. The summed E-state index contributed by atoms with van der Waals surface area (Å²) in [6.07, 6.45) is 7.86. The van der Waals surface area contributed by atoms with Gasteiger partial charge in [0.15, 0.2) is 11.6 Å². The summed E-state index contributed by atoms with van der Waals surface area (Å²) in [6, 6.07) is 1.39. The second-order valence-electron chi connectivity index (χ2n) is 3.56. The molecule has 2 aromatic rings. The first-order chi connectivity index (χ1) is 8.25. The number of nitrogens with one attached hydrogen (secondary N) is 1. The Balaban J connectivity index is 1.78. The van der Waals surface area contributed by atoms with Crippen molar-refractivity contribution in [2.24, 2.45) is 0 Å². The number of hydrogen-bond acceptors (Lipinski definition) is 3. The van der Waals surface area contributed by atoms with Crippen LogP contribution in [0.5, 0.6) is 0 Å². The van der Waals surface area contributed by atoms with Gasteiger partial charge in [-0.05, 0) is 28.4 Å². The second-order valence-corrected chi connectivity index (χ2v) is 4.48. The van der Waals surface area contributed by atoms with Crippen molar-refractivity contribution in [2.45, 2.75) is 13.0 Å². The average Bonchev–Trinajstić information content (AvgIpc) is 2.79. The molecule has 0 atom stereocenters. The monoisotopic (exact) mass is 298 g/mol. The third-order valence-corrected chi connectivity index (χ3v) is 2.69. The van der Waals surface area contributed by atoms with Gasteiger partial charge in [-0.25, -0.2) is 14.4 Å². The van der Waals surface area contributed by atoms with Gasteiger partial charge in [-0.15, -0.1) is 0 Å². The Morgan fingerprint density at radius 1 is 1.47 bits per heavy atom. The van der Waals surface area contributed by atoms with Crippen molar-refractivity contribution in [1.82, 2.24) is 14.5 Å². The summed E-state index contributed by atoms with van der Waals surface area (Å²) in [5.41, 5.74) is 0. The number of rotatable bonds is 5. The van der Waals surface area contributed by atoms with Crippen LogP contribution in [-0.4, -0.2) is 21.1 Å². The van der Waals surface area contributed by atoms with E-state index in [-0.39, 0.29) is 5.82 Å². The molecule has 0 aliphatic heterocycles. The lowest BCUT2D eigenvalue weighted by molar-refractivity contribution is 0.618. The van der Waals surface area contributed by atoms with E-state index in [0.717, 1.165) is 13.0 Å². The van der Waals surface area contributed by atoms with Gasteiger partial charge in [0.2, 0.25) is 0 Å².